The number of methoxy groups -OCH3 is 1. The number of fused-ring (bicyclic) bond motifs is 2. The SMILES string of the molecule is CCSc1nc2n(n1)[C@H](c1ccccc1OC)[C@H]1C(=O)CC(C)(C)C=C1N2. The lowest BCUT2D eigenvalue weighted by Gasteiger charge is -2.40. The van der Waals surface area contributed by atoms with Crippen molar-refractivity contribution in [2.45, 2.75) is 38.4 Å². The third kappa shape index (κ3) is 3.14. The third-order valence-electron chi connectivity index (χ3n) is 5.04. The second-order valence-corrected chi connectivity index (χ2v) is 8.85. The molecule has 2 atom stereocenters. The highest BCUT2D eigenvalue weighted by Gasteiger charge is 2.45. The van der Waals surface area contributed by atoms with Gasteiger partial charge in [-0.1, -0.05) is 56.8 Å². The average Bonchev–Trinajstić information content (AvgIpc) is 3.01. The fourth-order valence-corrected chi connectivity index (χ4v) is 4.57. The summed E-state index contributed by atoms with van der Waals surface area (Å²) in [6.45, 7) is 6.25. The fourth-order valence-electron chi connectivity index (χ4n) is 4.02. The number of nitrogens with one attached hydrogen (secondary N) is 1. The van der Waals surface area contributed by atoms with Crippen molar-refractivity contribution < 1.29 is 9.53 Å². The molecule has 4 rings (SSSR count). The van der Waals surface area contributed by atoms with Crippen LogP contribution < -0.4 is 10.1 Å². The molecular formula is C20H24N4O2S. The van der Waals surface area contributed by atoms with Gasteiger partial charge in [0.05, 0.1) is 19.1 Å². The van der Waals surface area contributed by atoms with Gasteiger partial charge < -0.3 is 10.1 Å². The highest BCUT2D eigenvalue weighted by atomic mass is 32.2. The van der Waals surface area contributed by atoms with Crippen LogP contribution in [0.3, 0.4) is 0 Å². The highest BCUT2D eigenvalue weighted by molar-refractivity contribution is 7.99. The van der Waals surface area contributed by atoms with Crippen LogP contribution in [0.1, 0.15) is 38.8 Å². The monoisotopic (exact) mass is 384 g/mol. The number of ether oxygens (including phenoxy) is 1. The van der Waals surface area contributed by atoms with Gasteiger partial charge in [0.25, 0.3) is 0 Å². The Hall–Kier alpha value is -2.28. The molecule has 1 aromatic heterocycles. The van der Waals surface area contributed by atoms with Crippen molar-refractivity contribution >= 4 is 23.5 Å². The summed E-state index contributed by atoms with van der Waals surface area (Å²) >= 11 is 1.59. The molecule has 6 nitrogen and oxygen atoms in total. The van der Waals surface area contributed by atoms with E-state index in [9.17, 15) is 4.79 Å². The van der Waals surface area contributed by atoms with Crippen LogP contribution in [0.25, 0.3) is 0 Å². The first-order valence-electron chi connectivity index (χ1n) is 9.18. The van der Waals surface area contributed by atoms with Gasteiger partial charge in [-0.3, -0.25) is 4.79 Å². The molecule has 0 saturated heterocycles. The van der Waals surface area contributed by atoms with Gasteiger partial charge in [-0.05, 0) is 17.2 Å². The number of benzene rings is 1. The summed E-state index contributed by atoms with van der Waals surface area (Å²) < 4.78 is 7.46. The minimum Gasteiger partial charge on any atom is -0.496 e. The number of hydrogen-bond acceptors (Lipinski definition) is 6. The fraction of sp³-hybridized carbons (Fsp3) is 0.450. The molecule has 1 aliphatic heterocycles. The van der Waals surface area contributed by atoms with Crippen LogP contribution in [0.15, 0.2) is 41.2 Å². The van der Waals surface area contributed by atoms with E-state index >= 15 is 0 Å². The second kappa shape index (κ2) is 6.71. The summed E-state index contributed by atoms with van der Waals surface area (Å²) in [4.78, 5) is 17.8. The van der Waals surface area contributed by atoms with Gasteiger partial charge in [0.2, 0.25) is 11.1 Å². The van der Waals surface area contributed by atoms with Crippen molar-refractivity contribution in [3.63, 3.8) is 0 Å². The molecule has 0 saturated carbocycles. The number of aromatic nitrogens is 3. The third-order valence-corrected chi connectivity index (χ3v) is 5.76. The molecule has 0 amide bonds. The number of carbonyl (C=O) groups excluding carboxylic acids is 1. The number of hydrogen-bond donors (Lipinski definition) is 1. The number of thioether (sulfide) groups is 1. The lowest BCUT2D eigenvalue weighted by atomic mass is 9.72. The Balaban J connectivity index is 1.92. The first-order valence-corrected chi connectivity index (χ1v) is 10.2. The van der Waals surface area contributed by atoms with Crippen molar-refractivity contribution in [3.05, 3.63) is 41.6 Å². The number of para-hydroxylation sites is 1. The van der Waals surface area contributed by atoms with E-state index in [0.29, 0.717) is 17.5 Å². The molecule has 2 aromatic rings. The maximum absolute atomic E-state index is 13.2. The molecule has 1 N–H and O–H groups in total. The summed E-state index contributed by atoms with van der Waals surface area (Å²) in [5, 5.41) is 8.80. The molecular weight excluding hydrogens is 360 g/mol. The Bertz CT molecular complexity index is 918. The van der Waals surface area contributed by atoms with Gasteiger partial charge in [0.15, 0.2) is 0 Å². The molecule has 1 aromatic carbocycles. The summed E-state index contributed by atoms with van der Waals surface area (Å²) in [5.41, 5.74) is 1.69. The van der Waals surface area contributed by atoms with Crippen LogP contribution in [0.4, 0.5) is 5.95 Å². The first kappa shape index (κ1) is 18.1. The van der Waals surface area contributed by atoms with Crippen LogP contribution >= 0.6 is 11.8 Å². The van der Waals surface area contributed by atoms with Gasteiger partial charge in [0, 0.05) is 17.7 Å². The van der Waals surface area contributed by atoms with Crippen LogP contribution in [-0.4, -0.2) is 33.4 Å². The molecule has 27 heavy (non-hydrogen) atoms. The predicted molar refractivity (Wildman–Crippen MR) is 106 cm³/mol. The number of rotatable bonds is 4. The highest BCUT2D eigenvalue weighted by Crippen LogP contribution is 2.47. The summed E-state index contributed by atoms with van der Waals surface area (Å²) in [6, 6.07) is 7.57. The second-order valence-electron chi connectivity index (χ2n) is 7.62. The van der Waals surface area contributed by atoms with E-state index in [4.69, 9.17) is 9.84 Å². The van der Waals surface area contributed by atoms with Gasteiger partial charge >= 0.3 is 0 Å². The number of ketones is 1. The number of carbonyl (C=O) groups is 1. The standard InChI is InChI=1S/C20H24N4O2S/c1-5-27-19-22-18-21-13-10-20(2,3)11-14(25)16(13)17(24(18)23-19)12-8-6-7-9-15(12)26-4/h6-10,16-17H,5,11H2,1-4H3,(H,21,22,23)/t16-,17-/m1/s1. The zero-order valence-corrected chi connectivity index (χ0v) is 16.8. The van der Waals surface area contributed by atoms with Gasteiger partial charge in [0.1, 0.15) is 11.5 Å². The maximum Gasteiger partial charge on any atom is 0.227 e. The largest absolute Gasteiger partial charge is 0.496 e. The summed E-state index contributed by atoms with van der Waals surface area (Å²) in [6.07, 6.45) is 2.68. The van der Waals surface area contributed by atoms with E-state index in [1.807, 2.05) is 28.9 Å². The molecule has 0 fully saturated rings. The molecule has 0 radical (unpaired) electrons. The zero-order chi connectivity index (χ0) is 19.2. The molecule has 142 valence electrons. The summed E-state index contributed by atoms with van der Waals surface area (Å²) in [5.74, 6) is 2.22. The molecule has 0 unspecified atom stereocenters. The minimum atomic E-state index is -0.317. The molecule has 0 spiro atoms. The zero-order valence-electron chi connectivity index (χ0n) is 16.0. The lowest BCUT2D eigenvalue weighted by Crippen LogP contribution is -2.42. The Morgan fingerprint density at radius 2 is 2.15 bits per heavy atom. The van der Waals surface area contributed by atoms with Crippen molar-refractivity contribution in [2.24, 2.45) is 11.3 Å². The maximum atomic E-state index is 13.2. The minimum absolute atomic E-state index is 0.176. The van der Waals surface area contributed by atoms with Crippen LogP contribution in [0, 0.1) is 11.3 Å². The van der Waals surface area contributed by atoms with Crippen LogP contribution in [0.2, 0.25) is 0 Å². The van der Waals surface area contributed by atoms with E-state index in [1.54, 1.807) is 18.9 Å². The topological polar surface area (TPSA) is 69.0 Å². The number of nitrogens with zero attached hydrogens (tertiary/aromatic N) is 3. The van der Waals surface area contributed by atoms with Crippen molar-refractivity contribution in [3.8, 4) is 5.75 Å². The molecule has 1 aliphatic carbocycles. The van der Waals surface area contributed by atoms with Crippen molar-refractivity contribution in [1.82, 2.24) is 14.8 Å². The van der Waals surface area contributed by atoms with E-state index in [0.717, 1.165) is 22.8 Å². The Kier molecular flexibility index (Phi) is 4.50. The van der Waals surface area contributed by atoms with E-state index in [1.165, 1.54) is 0 Å². The molecule has 2 heterocycles. The van der Waals surface area contributed by atoms with E-state index in [2.05, 4.69) is 37.1 Å². The van der Waals surface area contributed by atoms with E-state index < -0.39 is 0 Å². The molecule has 0 bridgehead atoms. The van der Waals surface area contributed by atoms with Crippen LogP contribution in [0.5, 0.6) is 5.75 Å². The smallest absolute Gasteiger partial charge is 0.227 e. The van der Waals surface area contributed by atoms with Gasteiger partial charge in [-0.25, -0.2) is 4.68 Å². The van der Waals surface area contributed by atoms with Gasteiger partial charge in [-0.2, -0.15) is 4.98 Å². The van der Waals surface area contributed by atoms with E-state index in [-0.39, 0.29) is 23.2 Å². The quantitative estimate of drug-likeness (QED) is 0.806. The average molecular weight is 385 g/mol. The predicted octanol–water partition coefficient (Wildman–Crippen LogP) is 3.91. The lowest BCUT2D eigenvalue weighted by molar-refractivity contribution is -0.125. The number of anilines is 1. The van der Waals surface area contributed by atoms with Crippen LogP contribution in [-0.2, 0) is 4.79 Å². The number of allylic oxidation sites excluding steroid dienone is 2. The first-order chi connectivity index (χ1) is 12.9. The molecule has 7 heteroatoms. The Morgan fingerprint density at radius 1 is 1.37 bits per heavy atom. The van der Waals surface area contributed by atoms with Crippen molar-refractivity contribution in [1.29, 1.82) is 0 Å². The Labute approximate surface area is 163 Å². The van der Waals surface area contributed by atoms with Crippen molar-refractivity contribution in [2.75, 3.05) is 18.2 Å². The molecule has 2 aliphatic rings. The Morgan fingerprint density at radius 3 is 2.89 bits per heavy atom. The summed E-state index contributed by atoms with van der Waals surface area (Å²) in [7, 11) is 1.66. The normalized spacial score (nSPS) is 23.1. The number of Topliss-reactive ketones (excluding diaryl/α,β-unsaturated/α-hetero) is 1. The van der Waals surface area contributed by atoms with Gasteiger partial charge in [-0.15, -0.1) is 5.10 Å².